The number of hydrogen-bond acceptors (Lipinski definition) is 4. The van der Waals surface area contributed by atoms with Crippen LogP contribution in [0.25, 0.3) is 5.57 Å². The number of likely N-dealkylation sites (tertiary alicyclic amines) is 1. The summed E-state index contributed by atoms with van der Waals surface area (Å²) in [6, 6.07) is 17.9. The molecule has 0 aromatic heterocycles. The molecule has 0 bridgehead atoms. The van der Waals surface area contributed by atoms with Gasteiger partial charge in [-0.05, 0) is 55.1 Å². The highest BCUT2D eigenvalue weighted by Gasteiger charge is 2.36. The van der Waals surface area contributed by atoms with E-state index in [1.165, 1.54) is 16.7 Å². The topological polar surface area (TPSA) is 61.8 Å². The van der Waals surface area contributed by atoms with Crippen LogP contribution in [0.5, 0.6) is 0 Å². The third-order valence-electron chi connectivity index (χ3n) is 6.20. The molecule has 1 saturated heterocycles. The summed E-state index contributed by atoms with van der Waals surface area (Å²) < 4.78 is 0. The van der Waals surface area contributed by atoms with Crippen molar-refractivity contribution < 1.29 is 4.79 Å². The maximum absolute atomic E-state index is 12.9. The molecule has 2 aliphatic rings. The van der Waals surface area contributed by atoms with Crippen molar-refractivity contribution in [1.82, 2.24) is 10.2 Å². The van der Waals surface area contributed by atoms with Gasteiger partial charge >= 0.3 is 0 Å². The Kier molecular flexibility index (Phi) is 5.86. The molecule has 0 saturated carbocycles. The Balaban J connectivity index is 1.54. The smallest absolute Gasteiger partial charge is 0.251 e. The molecule has 1 aliphatic carbocycles. The Morgan fingerprint density at radius 3 is 2.59 bits per heavy atom. The maximum Gasteiger partial charge on any atom is 0.251 e. The van der Waals surface area contributed by atoms with E-state index in [1.807, 2.05) is 0 Å². The lowest BCUT2D eigenvalue weighted by Crippen LogP contribution is -2.49. The van der Waals surface area contributed by atoms with Crippen molar-refractivity contribution in [3.05, 3.63) is 81.8 Å². The van der Waals surface area contributed by atoms with E-state index in [2.05, 4.69) is 52.8 Å². The van der Waals surface area contributed by atoms with Crippen molar-refractivity contribution in [3.8, 4) is 0 Å². The minimum Gasteiger partial charge on any atom is -0.349 e. The van der Waals surface area contributed by atoms with E-state index < -0.39 is 0 Å². The molecule has 2 atom stereocenters. The zero-order chi connectivity index (χ0) is 20.2. The first-order valence-corrected chi connectivity index (χ1v) is 10.3. The standard InChI is InChI=1S/C24H27N3O2/c1-27-14-13-21-20(18-5-3-2-4-6-18)11-12-23(22(21)16-27)26-24(28)19-9-7-17(8-10-19)15-25-29/h2-10,22-23H,11-16H2,1H3,(H,26,28). The van der Waals surface area contributed by atoms with Gasteiger partial charge in [0.25, 0.3) is 5.91 Å². The van der Waals surface area contributed by atoms with Crippen LogP contribution in [0.3, 0.4) is 0 Å². The summed E-state index contributed by atoms with van der Waals surface area (Å²) in [6.45, 7) is 2.17. The van der Waals surface area contributed by atoms with E-state index >= 15 is 0 Å². The van der Waals surface area contributed by atoms with Gasteiger partial charge in [-0.2, -0.15) is 4.91 Å². The number of amides is 1. The Labute approximate surface area is 171 Å². The number of hydrogen-bond donors (Lipinski definition) is 1. The van der Waals surface area contributed by atoms with Crippen molar-refractivity contribution in [1.29, 1.82) is 0 Å². The summed E-state index contributed by atoms with van der Waals surface area (Å²) in [6.07, 6.45) is 3.00. The number of benzene rings is 2. The van der Waals surface area contributed by atoms with E-state index in [-0.39, 0.29) is 18.5 Å². The molecule has 1 amide bonds. The van der Waals surface area contributed by atoms with E-state index in [1.54, 1.807) is 24.3 Å². The molecule has 2 unspecified atom stereocenters. The van der Waals surface area contributed by atoms with Crippen LogP contribution in [0.2, 0.25) is 0 Å². The van der Waals surface area contributed by atoms with Crippen LogP contribution >= 0.6 is 0 Å². The van der Waals surface area contributed by atoms with Gasteiger partial charge in [0.2, 0.25) is 0 Å². The first-order chi connectivity index (χ1) is 14.2. The van der Waals surface area contributed by atoms with E-state index in [4.69, 9.17) is 0 Å². The fraction of sp³-hybridized carbons (Fsp3) is 0.375. The van der Waals surface area contributed by atoms with Gasteiger partial charge in [0.15, 0.2) is 0 Å². The summed E-state index contributed by atoms with van der Waals surface area (Å²) in [5, 5.41) is 6.19. The third kappa shape index (κ3) is 4.30. The minimum absolute atomic E-state index is 0.0450. The quantitative estimate of drug-likeness (QED) is 0.778. The number of nitroso groups, excluding NO2 is 1. The lowest BCUT2D eigenvalue weighted by Gasteiger charge is -2.42. The highest BCUT2D eigenvalue weighted by atomic mass is 16.3. The fourth-order valence-electron chi connectivity index (χ4n) is 4.67. The number of piperidine rings is 1. The van der Waals surface area contributed by atoms with E-state index in [9.17, 15) is 9.70 Å². The van der Waals surface area contributed by atoms with Gasteiger partial charge in [-0.15, -0.1) is 0 Å². The van der Waals surface area contributed by atoms with Gasteiger partial charge < -0.3 is 10.2 Å². The Morgan fingerprint density at radius 2 is 1.86 bits per heavy atom. The lowest BCUT2D eigenvalue weighted by molar-refractivity contribution is 0.0909. The first kappa shape index (κ1) is 19.5. The van der Waals surface area contributed by atoms with Gasteiger partial charge in [0, 0.05) is 30.6 Å². The number of fused-ring (bicyclic) bond motifs is 1. The predicted octanol–water partition coefficient (Wildman–Crippen LogP) is 4.25. The zero-order valence-corrected chi connectivity index (χ0v) is 16.8. The molecular weight excluding hydrogens is 362 g/mol. The Hall–Kier alpha value is -2.79. The van der Waals surface area contributed by atoms with Crippen LogP contribution in [0.15, 0.2) is 65.3 Å². The first-order valence-electron chi connectivity index (χ1n) is 10.3. The van der Waals surface area contributed by atoms with Crippen molar-refractivity contribution in [3.63, 3.8) is 0 Å². The average Bonchev–Trinajstić information content (AvgIpc) is 2.75. The second-order valence-corrected chi connectivity index (χ2v) is 8.09. The monoisotopic (exact) mass is 389 g/mol. The van der Waals surface area contributed by atoms with E-state index in [0.717, 1.165) is 37.9 Å². The molecule has 5 nitrogen and oxygen atoms in total. The minimum atomic E-state index is -0.0450. The highest BCUT2D eigenvalue weighted by Crippen LogP contribution is 2.40. The molecule has 1 aliphatic heterocycles. The number of nitrogens with one attached hydrogen (secondary N) is 1. The van der Waals surface area contributed by atoms with Gasteiger partial charge in [-0.3, -0.25) is 4.79 Å². The zero-order valence-electron chi connectivity index (χ0n) is 16.8. The number of rotatable bonds is 5. The number of nitrogens with zero attached hydrogens (tertiary/aromatic N) is 2. The summed E-state index contributed by atoms with van der Waals surface area (Å²) in [5.41, 5.74) is 5.75. The second-order valence-electron chi connectivity index (χ2n) is 8.09. The van der Waals surface area contributed by atoms with Crippen LogP contribution in [0.4, 0.5) is 0 Å². The maximum atomic E-state index is 12.9. The molecule has 1 N–H and O–H groups in total. The normalized spacial score (nSPS) is 22.1. The molecular formula is C24H27N3O2. The average molecular weight is 389 g/mol. The molecule has 2 aromatic carbocycles. The third-order valence-corrected chi connectivity index (χ3v) is 6.20. The summed E-state index contributed by atoms with van der Waals surface area (Å²) in [4.78, 5) is 25.6. The predicted molar refractivity (Wildman–Crippen MR) is 115 cm³/mol. The van der Waals surface area contributed by atoms with Gasteiger partial charge in [-0.25, -0.2) is 0 Å². The van der Waals surface area contributed by atoms with Crippen molar-refractivity contribution in [2.75, 3.05) is 20.1 Å². The Bertz CT molecular complexity index is 905. The largest absolute Gasteiger partial charge is 0.349 e. The Morgan fingerprint density at radius 1 is 1.10 bits per heavy atom. The molecule has 150 valence electrons. The van der Waals surface area contributed by atoms with Crippen molar-refractivity contribution in [2.45, 2.75) is 31.8 Å². The second kappa shape index (κ2) is 8.70. The molecule has 0 spiro atoms. The molecule has 1 fully saturated rings. The lowest BCUT2D eigenvalue weighted by atomic mass is 9.74. The highest BCUT2D eigenvalue weighted by molar-refractivity contribution is 5.94. The SMILES string of the molecule is CN1CCC2=C(c3ccccc3)CCC(NC(=O)c3ccc(CN=O)cc3)C2C1. The van der Waals surface area contributed by atoms with Gasteiger partial charge in [-0.1, -0.05) is 53.2 Å². The molecule has 0 radical (unpaired) electrons. The van der Waals surface area contributed by atoms with Crippen LogP contribution < -0.4 is 5.32 Å². The number of allylic oxidation sites excluding steroid dienone is 1. The molecule has 5 heteroatoms. The number of carbonyl (C=O) groups is 1. The van der Waals surface area contributed by atoms with Crippen LogP contribution in [0, 0.1) is 10.8 Å². The fourth-order valence-corrected chi connectivity index (χ4v) is 4.67. The van der Waals surface area contributed by atoms with Gasteiger partial charge in [0.05, 0.1) is 0 Å². The number of carbonyl (C=O) groups excluding carboxylic acids is 1. The van der Waals surface area contributed by atoms with Crippen molar-refractivity contribution in [2.24, 2.45) is 11.1 Å². The van der Waals surface area contributed by atoms with E-state index in [0.29, 0.717) is 11.5 Å². The summed E-state index contributed by atoms with van der Waals surface area (Å²) in [5.74, 6) is 0.302. The molecule has 29 heavy (non-hydrogen) atoms. The molecule has 4 rings (SSSR count). The summed E-state index contributed by atoms with van der Waals surface area (Å²) in [7, 11) is 2.16. The van der Waals surface area contributed by atoms with Crippen LogP contribution in [-0.2, 0) is 6.54 Å². The molecule has 2 aromatic rings. The van der Waals surface area contributed by atoms with Crippen molar-refractivity contribution >= 4 is 11.5 Å². The van der Waals surface area contributed by atoms with Gasteiger partial charge in [0.1, 0.15) is 6.54 Å². The van der Waals surface area contributed by atoms with Crippen LogP contribution in [0.1, 0.15) is 40.7 Å². The summed E-state index contributed by atoms with van der Waals surface area (Å²) >= 11 is 0. The van der Waals surface area contributed by atoms with Crippen LogP contribution in [-0.4, -0.2) is 37.0 Å². The molecule has 1 heterocycles.